The van der Waals surface area contributed by atoms with Crippen molar-refractivity contribution in [2.45, 2.75) is 24.8 Å². The first-order valence-corrected chi connectivity index (χ1v) is 6.67. The van der Waals surface area contributed by atoms with Gasteiger partial charge in [-0.25, -0.2) is 18.1 Å². The highest BCUT2D eigenvalue weighted by Crippen LogP contribution is 2.08. The Labute approximate surface area is 95.2 Å². The first kappa shape index (κ1) is 13.1. The first-order valence-electron chi connectivity index (χ1n) is 5.19. The van der Waals surface area contributed by atoms with Gasteiger partial charge in [0.15, 0.2) is 5.03 Å². The van der Waals surface area contributed by atoms with Gasteiger partial charge in [-0.2, -0.15) is 0 Å². The van der Waals surface area contributed by atoms with Gasteiger partial charge in [0.05, 0.1) is 12.5 Å². The molecule has 1 atom stereocenters. The molecule has 92 valence electrons. The van der Waals surface area contributed by atoms with Crippen LogP contribution in [0.4, 0.5) is 0 Å². The van der Waals surface area contributed by atoms with Crippen molar-refractivity contribution in [3.8, 4) is 0 Å². The van der Waals surface area contributed by atoms with Crippen molar-refractivity contribution in [1.82, 2.24) is 14.7 Å². The van der Waals surface area contributed by atoms with Crippen LogP contribution in [0, 0.1) is 5.92 Å². The second-order valence-corrected chi connectivity index (χ2v) is 5.29. The van der Waals surface area contributed by atoms with E-state index in [1.54, 1.807) is 0 Å². The molecule has 0 aliphatic rings. The zero-order valence-electron chi connectivity index (χ0n) is 9.18. The number of nitrogens with one attached hydrogen (secondary N) is 2. The fourth-order valence-electron chi connectivity index (χ4n) is 1.33. The largest absolute Gasteiger partial charge is 0.396 e. The predicted octanol–water partition coefficient (Wildman–Crippen LogP) is 0.0966. The number of hydrogen-bond acceptors (Lipinski definition) is 4. The zero-order valence-corrected chi connectivity index (χ0v) is 10.00. The van der Waals surface area contributed by atoms with E-state index in [1.165, 1.54) is 12.5 Å². The molecule has 0 aliphatic carbocycles. The smallest absolute Gasteiger partial charge is 0.257 e. The molecule has 6 nitrogen and oxygen atoms in total. The molecule has 0 bridgehead atoms. The average molecular weight is 247 g/mol. The van der Waals surface area contributed by atoms with Crippen LogP contribution in [0.25, 0.3) is 0 Å². The van der Waals surface area contributed by atoms with Crippen LogP contribution in [0.3, 0.4) is 0 Å². The molecule has 0 amide bonds. The molecule has 1 aromatic rings. The SMILES string of the molecule is CCC(CCO)CNS(=O)(=O)c1cnc[nH]1. The highest BCUT2D eigenvalue weighted by molar-refractivity contribution is 7.89. The van der Waals surface area contributed by atoms with Crippen molar-refractivity contribution in [1.29, 1.82) is 0 Å². The van der Waals surface area contributed by atoms with E-state index in [0.29, 0.717) is 13.0 Å². The van der Waals surface area contributed by atoms with Gasteiger partial charge in [0, 0.05) is 13.2 Å². The maximum Gasteiger partial charge on any atom is 0.257 e. The topological polar surface area (TPSA) is 95.1 Å². The fraction of sp³-hybridized carbons (Fsp3) is 0.667. The van der Waals surface area contributed by atoms with Crippen LogP contribution in [0.5, 0.6) is 0 Å². The molecule has 7 heteroatoms. The van der Waals surface area contributed by atoms with Crippen LogP contribution in [-0.4, -0.2) is 36.6 Å². The van der Waals surface area contributed by atoms with E-state index in [0.717, 1.165) is 6.42 Å². The highest BCUT2D eigenvalue weighted by atomic mass is 32.2. The van der Waals surface area contributed by atoms with Gasteiger partial charge in [0.1, 0.15) is 0 Å². The lowest BCUT2D eigenvalue weighted by atomic mass is 10.0. The number of nitrogens with zero attached hydrogens (tertiary/aromatic N) is 1. The second-order valence-electron chi connectivity index (χ2n) is 3.55. The summed E-state index contributed by atoms with van der Waals surface area (Å²) in [4.78, 5) is 6.20. The first-order chi connectivity index (χ1) is 7.60. The Hall–Kier alpha value is -0.920. The third kappa shape index (κ3) is 3.58. The van der Waals surface area contributed by atoms with Gasteiger partial charge in [-0.05, 0) is 12.3 Å². The van der Waals surface area contributed by atoms with E-state index in [1.807, 2.05) is 6.92 Å². The molecule has 0 saturated carbocycles. The van der Waals surface area contributed by atoms with E-state index >= 15 is 0 Å². The summed E-state index contributed by atoms with van der Waals surface area (Å²) in [6.07, 6.45) is 4.00. The van der Waals surface area contributed by atoms with Crippen LogP contribution in [-0.2, 0) is 10.0 Å². The number of H-pyrrole nitrogens is 1. The van der Waals surface area contributed by atoms with Gasteiger partial charge in [-0.3, -0.25) is 0 Å². The molecule has 1 heterocycles. The van der Waals surface area contributed by atoms with Crippen molar-refractivity contribution < 1.29 is 13.5 Å². The summed E-state index contributed by atoms with van der Waals surface area (Å²) in [5, 5.41) is 8.85. The minimum atomic E-state index is -3.49. The van der Waals surface area contributed by atoms with Crippen LogP contribution in [0.15, 0.2) is 17.6 Å². The van der Waals surface area contributed by atoms with E-state index < -0.39 is 10.0 Å². The van der Waals surface area contributed by atoms with Crippen molar-refractivity contribution in [3.63, 3.8) is 0 Å². The average Bonchev–Trinajstić information content (AvgIpc) is 2.78. The number of hydrogen-bond donors (Lipinski definition) is 3. The second kappa shape index (κ2) is 5.97. The number of rotatable bonds is 7. The van der Waals surface area contributed by atoms with E-state index in [4.69, 9.17) is 5.11 Å². The number of aliphatic hydroxyl groups is 1. The molecule has 0 spiro atoms. The van der Waals surface area contributed by atoms with Gasteiger partial charge in [0.2, 0.25) is 0 Å². The van der Waals surface area contributed by atoms with Gasteiger partial charge >= 0.3 is 0 Å². The summed E-state index contributed by atoms with van der Waals surface area (Å²) in [5.41, 5.74) is 0. The lowest BCUT2D eigenvalue weighted by molar-refractivity contribution is 0.254. The van der Waals surface area contributed by atoms with Crippen LogP contribution in [0.2, 0.25) is 0 Å². The Balaban J connectivity index is 2.54. The standard InChI is InChI=1S/C9H17N3O3S/c1-2-8(3-4-13)5-12-16(14,15)9-6-10-7-11-9/h6-8,12-13H,2-5H2,1H3,(H,10,11). The van der Waals surface area contributed by atoms with Crippen LogP contribution >= 0.6 is 0 Å². The van der Waals surface area contributed by atoms with Gasteiger partial charge in [-0.1, -0.05) is 13.3 Å². The maximum atomic E-state index is 11.7. The van der Waals surface area contributed by atoms with Crippen molar-refractivity contribution in [2.24, 2.45) is 5.92 Å². The zero-order chi connectivity index (χ0) is 12.0. The molecule has 1 rings (SSSR count). The van der Waals surface area contributed by atoms with Crippen LogP contribution in [0.1, 0.15) is 19.8 Å². The molecule has 3 N–H and O–H groups in total. The lowest BCUT2D eigenvalue weighted by Crippen LogP contribution is -2.29. The molecular formula is C9H17N3O3S. The molecule has 0 saturated heterocycles. The van der Waals surface area contributed by atoms with E-state index in [9.17, 15) is 8.42 Å². The van der Waals surface area contributed by atoms with Crippen LogP contribution < -0.4 is 4.72 Å². The third-order valence-corrected chi connectivity index (χ3v) is 3.79. The minimum Gasteiger partial charge on any atom is -0.396 e. The Kier molecular flexibility index (Phi) is 4.91. The highest BCUT2D eigenvalue weighted by Gasteiger charge is 2.16. The van der Waals surface area contributed by atoms with Crippen molar-refractivity contribution in [3.05, 3.63) is 12.5 Å². The normalized spacial score (nSPS) is 13.9. The van der Waals surface area contributed by atoms with Gasteiger partial charge in [-0.15, -0.1) is 0 Å². The summed E-state index contributed by atoms with van der Waals surface area (Å²) >= 11 is 0. The number of aliphatic hydroxyl groups excluding tert-OH is 1. The molecule has 1 aromatic heterocycles. The number of aromatic amines is 1. The Morgan fingerprint density at radius 1 is 1.62 bits per heavy atom. The summed E-state index contributed by atoms with van der Waals surface area (Å²) in [7, 11) is -3.49. The van der Waals surface area contributed by atoms with Crippen molar-refractivity contribution >= 4 is 10.0 Å². The summed E-state index contributed by atoms with van der Waals surface area (Å²) in [6, 6.07) is 0. The van der Waals surface area contributed by atoms with E-state index in [2.05, 4.69) is 14.7 Å². The molecule has 1 unspecified atom stereocenters. The third-order valence-electron chi connectivity index (χ3n) is 2.44. The van der Waals surface area contributed by atoms with Gasteiger partial charge in [0.25, 0.3) is 10.0 Å². The molecular weight excluding hydrogens is 230 g/mol. The fourth-order valence-corrected chi connectivity index (χ4v) is 2.35. The Morgan fingerprint density at radius 3 is 2.88 bits per heavy atom. The quantitative estimate of drug-likeness (QED) is 0.636. The Bertz CT molecular complexity index is 388. The van der Waals surface area contributed by atoms with Gasteiger partial charge < -0.3 is 10.1 Å². The van der Waals surface area contributed by atoms with E-state index in [-0.39, 0.29) is 17.6 Å². The molecule has 0 radical (unpaired) electrons. The van der Waals surface area contributed by atoms with Crippen molar-refractivity contribution in [2.75, 3.05) is 13.2 Å². The molecule has 0 aliphatic heterocycles. The molecule has 0 aromatic carbocycles. The minimum absolute atomic E-state index is 0.0614. The lowest BCUT2D eigenvalue weighted by Gasteiger charge is -2.13. The predicted molar refractivity (Wildman–Crippen MR) is 59.3 cm³/mol. The number of aromatic nitrogens is 2. The summed E-state index contributed by atoms with van der Waals surface area (Å²) < 4.78 is 25.8. The number of sulfonamides is 1. The molecule has 0 fully saturated rings. The summed E-state index contributed by atoms with van der Waals surface area (Å²) in [6.45, 7) is 2.37. The summed E-state index contributed by atoms with van der Waals surface area (Å²) in [5.74, 6) is 0.155. The Morgan fingerprint density at radius 2 is 2.38 bits per heavy atom. The number of imidazole rings is 1. The maximum absolute atomic E-state index is 11.7. The molecule has 16 heavy (non-hydrogen) atoms. The monoisotopic (exact) mass is 247 g/mol.